The Balaban J connectivity index is 2.24. The van der Waals surface area contributed by atoms with Gasteiger partial charge in [-0.3, -0.25) is 14.5 Å². The first-order valence-corrected chi connectivity index (χ1v) is 6.19. The second kappa shape index (κ2) is 6.70. The van der Waals surface area contributed by atoms with Gasteiger partial charge in [0.2, 0.25) is 5.91 Å². The molecule has 1 aliphatic heterocycles. The molecule has 6 heteroatoms. The molecule has 0 aromatic rings. The maximum absolute atomic E-state index is 11.6. The lowest BCUT2D eigenvalue weighted by Gasteiger charge is -2.19. The Hall–Kier alpha value is -1.14. The van der Waals surface area contributed by atoms with Crippen molar-refractivity contribution in [2.24, 2.45) is 5.41 Å². The lowest BCUT2D eigenvalue weighted by molar-refractivity contribution is -0.147. The Bertz CT molecular complexity index is 308. The van der Waals surface area contributed by atoms with Crippen molar-refractivity contribution in [1.82, 2.24) is 10.2 Å². The number of likely N-dealkylation sites (tertiary alicyclic amines) is 1. The average molecular weight is 258 g/mol. The minimum atomic E-state index is -0.787. The standard InChI is InChI=1S/C12H22N2O4/c1-12(11(16)17)4-6-14(9-12)8-10(15)13-5-3-7-18-2/h3-9H2,1-2H3,(H,13,15)(H,16,17). The zero-order valence-corrected chi connectivity index (χ0v) is 11.1. The zero-order chi connectivity index (χ0) is 13.6. The topological polar surface area (TPSA) is 78.9 Å². The summed E-state index contributed by atoms with van der Waals surface area (Å²) < 4.78 is 4.88. The van der Waals surface area contributed by atoms with Gasteiger partial charge in [0, 0.05) is 26.8 Å². The van der Waals surface area contributed by atoms with E-state index in [-0.39, 0.29) is 12.5 Å². The maximum atomic E-state index is 11.6. The number of ether oxygens (including phenoxy) is 1. The predicted molar refractivity (Wildman–Crippen MR) is 66.3 cm³/mol. The molecule has 0 saturated carbocycles. The molecule has 1 rings (SSSR count). The molecule has 1 fully saturated rings. The average Bonchev–Trinajstić information content (AvgIpc) is 2.68. The molecule has 6 nitrogen and oxygen atoms in total. The van der Waals surface area contributed by atoms with Crippen molar-refractivity contribution in [3.05, 3.63) is 0 Å². The number of nitrogens with one attached hydrogen (secondary N) is 1. The molecule has 0 aliphatic carbocycles. The SMILES string of the molecule is COCCCNC(=O)CN1CCC(C)(C(=O)O)C1. The first kappa shape index (κ1) is 14.9. The fourth-order valence-electron chi connectivity index (χ4n) is 2.07. The van der Waals surface area contributed by atoms with Gasteiger partial charge in [-0.2, -0.15) is 0 Å². The van der Waals surface area contributed by atoms with Gasteiger partial charge in [-0.25, -0.2) is 0 Å². The lowest BCUT2D eigenvalue weighted by atomic mass is 9.90. The monoisotopic (exact) mass is 258 g/mol. The van der Waals surface area contributed by atoms with Crippen molar-refractivity contribution in [2.45, 2.75) is 19.8 Å². The molecular formula is C12H22N2O4. The Morgan fingerprint density at radius 1 is 1.50 bits per heavy atom. The van der Waals surface area contributed by atoms with Gasteiger partial charge >= 0.3 is 5.97 Å². The molecule has 104 valence electrons. The summed E-state index contributed by atoms with van der Waals surface area (Å²) in [6, 6.07) is 0. The molecular weight excluding hydrogens is 236 g/mol. The maximum Gasteiger partial charge on any atom is 0.310 e. The summed E-state index contributed by atoms with van der Waals surface area (Å²) in [4.78, 5) is 24.5. The predicted octanol–water partition coefficient (Wildman–Crippen LogP) is -0.0643. The Kier molecular flexibility index (Phi) is 5.55. The van der Waals surface area contributed by atoms with Crippen molar-refractivity contribution in [3.8, 4) is 0 Å². The highest BCUT2D eigenvalue weighted by molar-refractivity contribution is 5.79. The van der Waals surface area contributed by atoms with Crippen LogP contribution >= 0.6 is 0 Å². The van der Waals surface area contributed by atoms with Crippen molar-refractivity contribution in [1.29, 1.82) is 0 Å². The molecule has 1 amide bonds. The number of carboxylic acids is 1. The highest BCUT2D eigenvalue weighted by Crippen LogP contribution is 2.29. The lowest BCUT2D eigenvalue weighted by Crippen LogP contribution is -2.38. The second-order valence-electron chi connectivity index (χ2n) is 5.02. The van der Waals surface area contributed by atoms with Crippen molar-refractivity contribution in [2.75, 3.05) is 39.9 Å². The smallest absolute Gasteiger partial charge is 0.310 e. The summed E-state index contributed by atoms with van der Waals surface area (Å²) in [5.74, 6) is -0.841. The molecule has 1 heterocycles. The molecule has 1 unspecified atom stereocenters. The number of carboxylic acid groups (broad SMARTS) is 1. The third kappa shape index (κ3) is 4.27. The number of hydrogen-bond donors (Lipinski definition) is 2. The largest absolute Gasteiger partial charge is 0.481 e. The number of methoxy groups -OCH3 is 1. The summed E-state index contributed by atoms with van der Waals surface area (Å²) in [5.41, 5.74) is -0.712. The zero-order valence-electron chi connectivity index (χ0n) is 11.1. The van der Waals surface area contributed by atoms with E-state index in [2.05, 4.69) is 5.32 Å². The number of rotatable bonds is 7. The fraction of sp³-hybridized carbons (Fsp3) is 0.833. The molecule has 0 aromatic carbocycles. The van der Waals surface area contributed by atoms with E-state index in [1.54, 1.807) is 14.0 Å². The van der Waals surface area contributed by atoms with E-state index in [0.29, 0.717) is 32.7 Å². The number of hydrogen-bond acceptors (Lipinski definition) is 4. The van der Waals surface area contributed by atoms with Gasteiger partial charge in [0.05, 0.1) is 12.0 Å². The summed E-state index contributed by atoms with van der Waals surface area (Å²) >= 11 is 0. The van der Waals surface area contributed by atoms with Gasteiger partial charge in [0.25, 0.3) is 0 Å². The molecule has 18 heavy (non-hydrogen) atoms. The van der Waals surface area contributed by atoms with Crippen molar-refractivity contribution in [3.63, 3.8) is 0 Å². The number of carbonyl (C=O) groups excluding carboxylic acids is 1. The summed E-state index contributed by atoms with van der Waals surface area (Å²) in [6.45, 7) is 4.32. The number of carbonyl (C=O) groups is 2. The number of aliphatic carboxylic acids is 1. The molecule has 1 aliphatic rings. The normalized spacial score (nSPS) is 24.1. The summed E-state index contributed by atoms with van der Waals surface area (Å²) in [7, 11) is 1.62. The third-order valence-electron chi connectivity index (χ3n) is 3.28. The van der Waals surface area contributed by atoms with Crippen LogP contribution in [-0.2, 0) is 14.3 Å². The van der Waals surface area contributed by atoms with E-state index in [0.717, 1.165) is 6.42 Å². The molecule has 0 bridgehead atoms. The van der Waals surface area contributed by atoms with Gasteiger partial charge in [0.1, 0.15) is 0 Å². The van der Waals surface area contributed by atoms with Gasteiger partial charge in [-0.05, 0) is 26.3 Å². The molecule has 1 saturated heterocycles. The molecule has 0 spiro atoms. The van der Waals surface area contributed by atoms with Crippen molar-refractivity contribution >= 4 is 11.9 Å². The van der Waals surface area contributed by atoms with E-state index in [1.165, 1.54) is 0 Å². The highest BCUT2D eigenvalue weighted by atomic mass is 16.5. The van der Waals surface area contributed by atoms with E-state index in [4.69, 9.17) is 9.84 Å². The van der Waals surface area contributed by atoms with Crippen LogP contribution in [0.3, 0.4) is 0 Å². The van der Waals surface area contributed by atoms with Gasteiger partial charge in [-0.1, -0.05) is 0 Å². The Morgan fingerprint density at radius 3 is 2.78 bits per heavy atom. The summed E-state index contributed by atoms with van der Waals surface area (Å²) in [5, 5.41) is 11.9. The quantitative estimate of drug-likeness (QED) is 0.625. The fourth-order valence-corrected chi connectivity index (χ4v) is 2.07. The second-order valence-corrected chi connectivity index (χ2v) is 5.02. The molecule has 2 N–H and O–H groups in total. The first-order chi connectivity index (χ1) is 8.48. The van der Waals surface area contributed by atoms with Gasteiger partial charge < -0.3 is 15.2 Å². The number of nitrogens with zero attached hydrogens (tertiary/aromatic N) is 1. The van der Waals surface area contributed by atoms with Crippen LogP contribution in [0, 0.1) is 5.41 Å². The van der Waals surface area contributed by atoms with E-state index in [1.807, 2.05) is 4.90 Å². The first-order valence-electron chi connectivity index (χ1n) is 6.19. The van der Waals surface area contributed by atoms with Crippen molar-refractivity contribution < 1.29 is 19.4 Å². The van der Waals surface area contributed by atoms with Crippen LogP contribution in [-0.4, -0.2) is 61.8 Å². The molecule has 1 atom stereocenters. The van der Waals surface area contributed by atoms with E-state index >= 15 is 0 Å². The van der Waals surface area contributed by atoms with Crippen LogP contribution in [0.5, 0.6) is 0 Å². The van der Waals surface area contributed by atoms with E-state index in [9.17, 15) is 9.59 Å². The third-order valence-corrected chi connectivity index (χ3v) is 3.28. The van der Waals surface area contributed by atoms with Gasteiger partial charge in [-0.15, -0.1) is 0 Å². The number of amides is 1. The minimum Gasteiger partial charge on any atom is -0.481 e. The van der Waals surface area contributed by atoms with Crippen LogP contribution in [0.1, 0.15) is 19.8 Å². The Morgan fingerprint density at radius 2 is 2.22 bits per heavy atom. The molecule has 0 radical (unpaired) electrons. The van der Waals surface area contributed by atoms with E-state index < -0.39 is 11.4 Å². The minimum absolute atomic E-state index is 0.0549. The molecule has 0 aromatic heterocycles. The van der Waals surface area contributed by atoms with Crippen LogP contribution in [0.15, 0.2) is 0 Å². The Labute approximate surface area is 107 Å². The van der Waals surface area contributed by atoms with Crippen LogP contribution < -0.4 is 5.32 Å². The van der Waals surface area contributed by atoms with Gasteiger partial charge in [0.15, 0.2) is 0 Å². The van der Waals surface area contributed by atoms with Crippen LogP contribution in [0.25, 0.3) is 0 Å². The van der Waals surface area contributed by atoms with Crippen LogP contribution in [0.2, 0.25) is 0 Å². The van der Waals surface area contributed by atoms with Crippen LogP contribution in [0.4, 0.5) is 0 Å². The highest BCUT2D eigenvalue weighted by Gasteiger charge is 2.40. The summed E-state index contributed by atoms with van der Waals surface area (Å²) in [6.07, 6.45) is 1.38.